The molecule has 0 spiro atoms. The summed E-state index contributed by atoms with van der Waals surface area (Å²) < 4.78 is 34.3. The molecule has 2 rings (SSSR count). The van der Waals surface area contributed by atoms with Crippen LogP contribution in [0.2, 0.25) is 0 Å². The van der Waals surface area contributed by atoms with Crippen molar-refractivity contribution in [3.05, 3.63) is 58.1 Å². The highest BCUT2D eigenvalue weighted by Crippen LogP contribution is 2.20. The largest absolute Gasteiger partial charge is 0.452 e. The number of amides is 1. The lowest BCUT2D eigenvalue weighted by molar-refractivity contribution is -0.119. The highest BCUT2D eigenvalue weighted by Gasteiger charge is 2.13. The average Bonchev–Trinajstić information content (AvgIpc) is 2.55. The number of hydrogen-bond acceptors (Lipinski definition) is 4. The third-order valence-electron chi connectivity index (χ3n) is 3.09. The second kappa shape index (κ2) is 8.57. The van der Waals surface area contributed by atoms with Crippen LogP contribution in [0.3, 0.4) is 0 Å². The average molecular weight is 414 g/mol. The zero-order chi connectivity index (χ0) is 18.4. The van der Waals surface area contributed by atoms with Crippen LogP contribution in [-0.4, -0.2) is 25.1 Å². The van der Waals surface area contributed by atoms with Gasteiger partial charge in [-0.2, -0.15) is 8.78 Å². The number of nitrogens with one attached hydrogen (secondary N) is 1. The number of alkyl halides is 2. The van der Waals surface area contributed by atoms with Crippen LogP contribution in [-0.2, 0) is 9.53 Å². The number of benzene rings is 2. The van der Waals surface area contributed by atoms with Crippen molar-refractivity contribution in [3.8, 4) is 5.75 Å². The third-order valence-corrected chi connectivity index (χ3v) is 3.59. The topological polar surface area (TPSA) is 64.6 Å². The quantitative estimate of drug-likeness (QED) is 0.722. The fraction of sp³-hybridized carbons (Fsp3) is 0.176. The fourth-order valence-electron chi connectivity index (χ4n) is 1.97. The second-order valence-electron chi connectivity index (χ2n) is 4.99. The number of aryl methyl sites for hydroxylation is 1. The van der Waals surface area contributed by atoms with Crippen LogP contribution in [0, 0.1) is 6.92 Å². The lowest BCUT2D eigenvalue weighted by atomic mass is 10.2. The minimum atomic E-state index is -2.99. The zero-order valence-corrected chi connectivity index (χ0v) is 14.7. The van der Waals surface area contributed by atoms with Crippen molar-refractivity contribution in [2.75, 3.05) is 11.9 Å². The molecule has 0 unspecified atom stereocenters. The van der Waals surface area contributed by atoms with Gasteiger partial charge < -0.3 is 14.8 Å². The highest BCUT2D eigenvalue weighted by atomic mass is 79.9. The van der Waals surface area contributed by atoms with Crippen molar-refractivity contribution < 1.29 is 27.8 Å². The van der Waals surface area contributed by atoms with Gasteiger partial charge in [0.05, 0.1) is 5.56 Å². The van der Waals surface area contributed by atoms with Crippen LogP contribution in [0.4, 0.5) is 14.5 Å². The molecule has 132 valence electrons. The second-order valence-corrected chi connectivity index (χ2v) is 5.91. The Labute approximate surface area is 151 Å². The molecule has 2 aromatic rings. The van der Waals surface area contributed by atoms with Crippen LogP contribution in [0.25, 0.3) is 0 Å². The van der Waals surface area contributed by atoms with E-state index in [1.165, 1.54) is 18.2 Å². The molecule has 2 aromatic carbocycles. The minimum Gasteiger partial charge on any atom is -0.452 e. The van der Waals surface area contributed by atoms with Crippen molar-refractivity contribution in [1.29, 1.82) is 0 Å². The summed E-state index contributed by atoms with van der Waals surface area (Å²) >= 11 is 3.32. The van der Waals surface area contributed by atoms with Gasteiger partial charge in [0.1, 0.15) is 5.75 Å². The molecule has 1 N–H and O–H groups in total. The van der Waals surface area contributed by atoms with Gasteiger partial charge in [-0.1, -0.05) is 22.0 Å². The zero-order valence-electron chi connectivity index (χ0n) is 13.1. The lowest BCUT2D eigenvalue weighted by Crippen LogP contribution is -2.21. The smallest absolute Gasteiger partial charge is 0.387 e. The molecule has 0 saturated carbocycles. The molecule has 0 atom stereocenters. The number of carbonyl (C=O) groups is 2. The molecule has 0 bridgehead atoms. The van der Waals surface area contributed by atoms with Gasteiger partial charge >= 0.3 is 12.6 Å². The maximum atomic E-state index is 12.2. The first-order chi connectivity index (χ1) is 11.8. The number of esters is 1. The van der Waals surface area contributed by atoms with Gasteiger partial charge in [0.2, 0.25) is 0 Å². The summed E-state index contributed by atoms with van der Waals surface area (Å²) in [7, 11) is 0. The molecule has 5 nitrogen and oxygen atoms in total. The van der Waals surface area contributed by atoms with Gasteiger partial charge in [0.15, 0.2) is 6.61 Å². The van der Waals surface area contributed by atoms with E-state index in [4.69, 9.17) is 4.74 Å². The molecule has 0 aliphatic carbocycles. The third kappa shape index (κ3) is 5.82. The van der Waals surface area contributed by atoms with E-state index in [0.717, 1.165) is 16.1 Å². The number of anilines is 1. The molecule has 25 heavy (non-hydrogen) atoms. The molecule has 0 aromatic heterocycles. The number of hydrogen-bond donors (Lipinski definition) is 1. The highest BCUT2D eigenvalue weighted by molar-refractivity contribution is 9.10. The lowest BCUT2D eigenvalue weighted by Gasteiger charge is -2.10. The fourth-order valence-corrected chi connectivity index (χ4v) is 2.44. The summed E-state index contributed by atoms with van der Waals surface area (Å²) in [5.74, 6) is -1.50. The van der Waals surface area contributed by atoms with E-state index in [0.29, 0.717) is 5.69 Å². The number of halogens is 3. The van der Waals surface area contributed by atoms with Crippen molar-refractivity contribution in [1.82, 2.24) is 0 Å². The van der Waals surface area contributed by atoms with E-state index in [1.54, 1.807) is 12.1 Å². The molecule has 0 radical (unpaired) electrons. The van der Waals surface area contributed by atoms with Crippen molar-refractivity contribution >= 4 is 33.5 Å². The number of carbonyl (C=O) groups excluding carboxylic acids is 2. The normalized spacial score (nSPS) is 10.4. The van der Waals surface area contributed by atoms with E-state index in [1.807, 2.05) is 13.0 Å². The molecule has 1 amide bonds. The van der Waals surface area contributed by atoms with Gasteiger partial charge in [-0.3, -0.25) is 4.79 Å². The molecule has 0 aliphatic heterocycles. The standard InChI is InChI=1S/C17H14BrF2NO4/c1-10-7-12(18)5-6-14(10)21-15(22)9-24-16(23)11-3-2-4-13(8-11)25-17(19)20/h2-8,17H,9H2,1H3,(H,21,22). The Bertz CT molecular complexity index is 783. The van der Waals surface area contributed by atoms with Crippen LogP contribution in [0.15, 0.2) is 46.9 Å². The van der Waals surface area contributed by atoms with Gasteiger partial charge in [-0.05, 0) is 48.9 Å². The Hall–Kier alpha value is -2.48. The first-order valence-electron chi connectivity index (χ1n) is 7.13. The van der Waals surface area contributed by atoms with Crippen molar-refractivity contribution in [2.24, 2.45) is 0 Å². The molecular formula is C17H14BrF2NO4. The molecular weight excluding hydrogens is 400 g/mol. The van der Waals surface area contributed by atoms with E-state index in [9.17, 15) is 18.4 Å². The molecule has 0 aliphatic rings. The molecule has 0 fully saturated rings. The van der Waals surface area contributed by atoms with Crippen molar-refractivity contribution in [2.45, 2.75) is 13.5 Å². The van der Waals surface area contributed by atoms with Crippen LogP contribution in [0.5, 0.6) is 5.75 Å². The first kappa shape index (κ1) is 18.9. The SMILES string of the molecule is Cc1cc(Br)ccc1NC(=O)COC(=O)c1cccc(OC(F)F)c1. The van der Waals surface area contributed by atoms with Crippen LogP contribution < -0.4 is 10.1 Å². The Morgan fingerprint density at radius 2 is 1.96 bits per heavy atom. The Kier molecular flexibility index (Phi) is 6.46. The van der Waals surface area contributed by atoms with E-state index < -0.39 is 25.1 Å². The predicted molar refractivity (Wildman–Crippen MR) is 90.9 cm³/mol. The number of rotatable bonds is 6. The maximum absolute atomic E-state index is 12.2. The van der Waals surface area contributed by atoms with E-state index >= 15 is 0 Å². The van der Waals surface area contributed by atoms with Crippen LogP contribution in [0.1, 0.15) is 15.9 Å². The first-order valence-corrected chi connectivity index (χ1v) is 7.92. The Morgan fingerprint density at radius 1 is 1.20 bits per heavy atom. The Balaban J connectivity index is 1.92. The van der Waals surface area contributed by atoms with Gasteiger partial charge in [-0.15, -0.1) is 0 Å². The summed E-state index contributed by atoms with van der Waals surface area (Å²) in [6.07, 6.45) is 0. The molecule has 0 heterocycles. The van der Waals surface area contributed by atoms with Gasteiger partial charge in [-0.25, -0.2) is 4.79 Å². The Morgan fingerprint density at radius 3 is 2.64 bits per heavy atom. The minimum absolute atomic E-state index is 0.00534. The summed E-state index contributed by atoms with van der Waals surface area (Å²) in [6.45, 7) is -1.68. The molecule has 0 saturated heterocycles. The van der Waals surface area contributed by atoms with Crippen molar-refractivity contribution in [3.63, 3.8) is 0 Å². The molecule has 8 heteroatoms. The monoisotopic (exact) mass is 413 g/mol. The summed E-state index contributed by atoms with van der Waals surface area (Å²) in [4.78, 5) is 23.8. The summed E-state index contributed by atoms with van der Waals surface area (Å²) in [6, 6.07) is 10.5. The predicted octanol–water partition coefficient (Wildman–Crippen LogP) is 4.15. The summed E-state index contributed by atoms with van der Waals surface area (Å²) in [5.41, 5.74) is 1.44. The van der Waals surface area contributed by atoms with Gasteiger partial charge in [0.25, 0.3) is 5.91 Å². The van der Waals surface area contributed by atoms with E-state index in [-0.39, 0.29) is 11.3 Å². The maximum Gasteiger partial charge on any atom is 0.387 e. The van der Waals surface area contributed by atoms with Crippen LogP contribution >= 0.6 is 15.9 Å². The van der Waals surface area contributed by atoms with Gasteiger partial charge in [0, 0.05) is 10.2 Å². The number of ether oxygens (including phenoxy) is 2. The van der Waals surface area contributed by atoms with E-state index in [2.05, 4.69) is 26.0 Å². The summed E-state index contributed by atoms with van der Waals surface area (Å²) in [5, 5.41) is 2.62.